The van der Waals surface area contributed by atoms with Crippen LogP contribution in [0.5, 0.6) is 0 Å². The molecule has 0 aliphatic carbocycles. The largest absolute Gasteiger partial charge is 0.373 e. The number of fused-ring (bicyclic) bond motifs is 3. The van der Waals surface area contributed by atoms with Crippen molar-refractivity contribution in [1.82, 2.24) is 9.97 Å². The molecule has 1 aromatic heterocycles. The zero-order valence-electron chi connectivity index (χ0n) is 15.8. The van der Waals surface area contributed by atoms with E-state index in [1.807, 2.05) is 25.1 Å². The predicted molar refractivity (Wildman–Crippen MR) is 110 cm³/mol. The average Bonchev–Trinajstić information content (AvgIpc) is 2.95. The highest BCUT2D eigenvalue weighted by Crippen LogP contribution is 2.46. The van der Waals surface area contributed by atoms with Gasteiger partial charge in [0.1, 0.15) is 0 Å². The van der Waals surface area contributed by atoms with Crippen LogP contribution in [0.2, 0.25) is 0 Å². The summed E-state index contributed by atoms with van der Waals surface area (Å²) in [6.45, 7) is 4.89. The Labute approximate surface area is 158 Å². The van der Waals surface area contributed by atoms with Crippen molar-refractivity contribution < 1.29 is 0 Å². The Bertz CT molecular complexity index is 1080. The summed E-state index contributed by atoms with van der Waals surface area (Å²) in [5, 5.41) is 0.665. The molecule has 3 heterocycles. The summed E-state index contributed by atoms with van der Waals surface area (Å²) in [4.78, 5) is 24.9. The highest BCUT2D eigenvalue weighted by atomic mass is 16.1. The van der Waals surface area contributed by atoms with Gasteiger partial charge in [-0.25, -0.2) is 4.98 Å². The van der Waals surface area contributed by atoms with Gasteiger partial charge in [-0.2, -0.15) is 0 Å². The lowest BCUT2D eigenvalue weighted by Crippen LogP contribution is -2.45. The average molecular weight is 360 g/mol. The van der Waals surface area contributed by atoms with E-state index in [9.17, 15) is 4.79 Å². The molecular weight excluding hydrogens is 336 g/mol. The van der Waals surface area contributed by atoms with Crippen LogP contribution < -0.4 is 15.4 Å². The molecule has 2 aliphatic rings. The highest BCUT2D eigenvalue weighted by molar-refractivity contribution is 5.81. The van der Waals surface area contributed by atoms with Gasteiger partial charge in [0.05, 0.1) is 10.9 Å². The van der Waals surface area contributed by atoms with Crippen molar-refractivity contribution in [2.45, 2.75) is 25.2 Å². The SMILES string of the molecule is Cc1cccc2c(=O)[nH]c(N3CCC4(CC3)CN(C)c3ccccc34)nc12. The molecule has 0 bridgehead atoms. The zero-order valence-corrected chi connectivity index (χ0v) is 15.8. The van der Waals surface area contributed by atoms with Gasteiger partial charge in [0.2, 0.25) is 5.95 Å². The van der Waals surface area contributed by atoms with E-state index in [1.54, 1.807) is 0 Å². The fourth-order valence-corrected chi connectivity index (χ4v) is 4.90. The van der Waals surface area contributed by atoms with Crippen molar-refractivity contribution in [3.63, 3.8) is 0 Å². The number of hydrogen-bond acceptors (Lipinski definition) is 4. The number of nitrogens with one attached hydrogen (secondary N) is 1. The van der Waals surface area contributed by atoms with Crippen LogP contribution in [-0.4, -0.2) is 36.6 Å². The summed E-state index contributed by atoms with van der Waals surface area (Å²) in [7, 11) is 2.19. The van der Waals surface area contributed by atoms with E-state index >= 15 is 0 Å². The van der Waals surface area contributed by atoms with Gasteiger partial charge in [0.15, 0.2) is 0 Å². The number of rotatable bonds is 1. The zero-order chi connectivity index (χ0) is 18.6. The van der Waals surface area contributed by atoms with Crippen molar-refractivity contribution in [1.29, 1.82) is 0 Å². The molecule has 1 spiro atoms. The van der Waals surface area contributed by atoms with Crippen LogP contribution in [0.25, 0.3) is 10.9 Å². The third kappa shape index (κ3) is 2.45. The molecule has 0 atom stereocenters. The molecule has 5 rings (SSSR count). The first-order valence-electron chi connectivity index (χ1n) is 9.63. The number of para-hydroxylation sites is 2. The van der Waals surface area contributed by atoms with Crippen molar-refractivity contribution in [2.24, 2.45) is 0 Å². The molecule has 2 aromatic carbocycles. The summed E-state index contributed by atoms with van der Waals surface area (Å²) in [5.41, 5.74) is 4.85. The number of piperidine rings is 1. The van der Waals surface area contributed by atoms with Crippen molar-refractivity contribution in [3.05, 3.63) is 63.9 Å². The van der Waals surface area contributed by atoms with Crippen molar-refractivity contribution >= 4 is 22.5 Å². The molecule has 2 aliphatic heterocycles. The number of aromatic amines is 1. The van der Waals surface area contributed by atoms with Gasteiger partial charge >= 0.3 is 0 Å². The first-order valence-corrected chi connectivity index (χ1v) is 9.63. The summed E-state index contributed by atoms with van der Waals surface area (Å²) in [5.74, 6) is 0.705. The van der Waals surface area contributed by atoms with E-state index in [0.717, 1.165) is 43.6 Å². The molecule has 5 nitrogen and oxygen atoms in total. The molecule has 138 valence electrons. The smallest absolute Gasteiger partial charge is 0.260 e. The van der Waals surface area contributed by atoms with Crippen LogP contribution in [0, 0.1) is 6.92 Å². The minimum atomic E-state index is -0.0510. The number of likely N-dealkylation sites (N-methyl/N-ethyl adjacent to an activating group) is 1. The van der Waals surface area contributed by atoms with Crippen LogP contribution in [0.4, 0.5) is 11.6 Å². The Balaban J connectivity index is 1.46. The lowest BCUT2D eigenvalue weighted by atomic mass is 9.74. The first-order chi connectivity index (χ1) is 13.1. The number of aryl methyl sites for hydroxylation is 1. The Morgan fingerprint density at radius 1 is 1.07 bits per heavy atom. The monoisotopic (exact) mass is 360 g/mol. The maximum atomic E-state index is 12.5. The number of benzene rings is 2. The Morgan fingerprint density at radius 2 is 1.85 bits per heavy atom. The Morgan fingerprint density at radius 3 is 2.67 bits per heavy atom. The molecule has 0 radical (unpaired) electrons. The number of hydrogen-bond donors (Lipinski definition) is 1. The summed E-state index contributed by atoms with van der Waals surface area (Å²) < 4.78 is 0. The quantitative estimate of drug-likeness (QED) is 0.724. The van der Waals surface area contributed by atoms with E-state index in [1.165, 1.54) is 11.3 Å². The molecule has 0 saturated carbocycles. The van der Waals surface area contributed by atoms with Crippen LogP contribution in [0.3, 0.4) is 0 Å². The number of nitrogens with zero attached hydrogens (tertiary/aromatic N) is 3. The van der Waals surface area contributed by atoms with Gasteiger partial charge < -0.3 is 9.80 Å². The minimum absolute atomic E-state index is 0.0510. The molecule has 27 heavy (non-hydrogen) atoms. The second kappa shape index (κ2) is 5.84. The molecule has 1 fully saturated rings. The molecule has 0 unspecified atom stereocenters. The maximum Gasteiger partial charge on any atom is 0.260 e. The minimum Gasteiger partial charge on any atom is -0.373 e. The molecule has 1 saturated heterocycles. The van der Waals surface area contributed by atoms with E-state index in [4.69, 9.17) is 4.98 Å². The fourth-order valence-electron chi connectivity index (χ4n) is 4.90. The second-order valence-electron chi connectivity index (χ2n) is 8.00. The van der Waals surface area contributed by atoms with Crippen molar-refractivity contribution in [2.75, 3.05) is 36.5 Å². The van der Waals surface area contributed by atoms with E-state index in [2.05, 4.69) is 46.1 Å². The van der Waals surface area contributed by atoms with Gasteiger partial charge in [0.25, 0.3) is 5.56 Å². The molecule has 0 amide bonds. The predicted octanol–water partition coefficient (Wildman–Crippen LogP) is 3.22. The van der Waals surface area contributed by atoms with Gasteiger partial charge in [0, 0.05) is 37.8 Å². The van der Waals surface area contributed by atoms with Gasteiger partial charge in [-0.15, -0.1) is 0 Å². The lowest BCUT2D eigenvalue weighted by molar-refractivity contribution is 0.351. The van der Waals surface area contributed by atoms with Crippen molar-refractivity contribution in [3.8, 4) is 0 Å². The number of H-pyrrole nitrogens is 1. The summed E-state index contributed by atoms with van der Waals surface area (Å²) in [6, 6.07) is 14.5. The fraction of sp³-hybridized carbons (Fsp3) is 0.364. The Kier molecular flexibility index (Phi) is 3.54. The summed E-state index contributed by atoms with van der Waals surface area (Å²) >= 11 is 0. The first kappa shape index (κ1) is 16.4. The van der Waals surface area contributed by atoms with Gasteiger partial charge in [-0.05, 0) is 43.0 Å². The van der Waals surface area contributed by atoms with E-state index < -0.39 is 0 Å². The van der Waals surface area contributed by atoms with Crippen LogP contribution in [0.15, 0.2) is 47.3 Å². The van der Waals surface area contributed by atoms with E-state index in [-0.39, 0.29) is 11.0 Å². The number of aromatic nitrogens is 2. The molecular formula is C22H24N4O. The third-order valence-electron chi connectivity index (χ3n) is 6.37. The van der Waals surface area contributed by atoms with Crippen LogP contribution in [-0.2, 0) is 5.41 Å². The Hall–Kier alpha value is -2.82. The molecule has 5 heteroatoms. The normalized spacial score (nSPS) is 18.3. The van der Waals surface area contributed by atoms with Gasteiger partial charge in [-0.1, -0.05) is 30.3 Å². The highest BCUT2D eigenvalue weighted by Gasteiger charge is 2.43. The lowest BCUT2D eigenvalue weighted by Gasteiger charge is -2.40. The third-order valence-corrected chi connectivity index (χ3v) is 6.37. The molecule has 3 aromatic rings. The standard InChI is InChI=1S/C22H24N4O/c1-15-6-5-7-16-19(15)23-21(24-20(16)27)26-12-10-22(11-13-26)14-25(2)18-9-4-3-8-17(18)22/h3-9H,10-14H2,1-2H3,(H,23,24,27). The van der Waals surface area contributed by atoms with Gasteiger partial charge in [-0.3, -0.25) is 9.78 Å². The topological polar surface area (TPSA) is 52.2 Å². The van der Waals surface area contributed by atoms with Crippen LogP contribution >= 0.6 is 0 Å². The summed E-state index contributed by atoms with van der Waals surface area (Å²) in [6.07, 6.45) is 2.15. The number of anilines is 2. The van der Waals surface area contributed by atoms with Crippen LogP contribution in [0.1, 0.15) is 24.0 Å². The maximum absolute atomic E-state index is 12.5. The molecule has 1 N–H and O–H groups in total. The second-order valence-corrected chi connectivity index (χ2v) is 8.00. The van der Waals surface area contributed by atoms with E-state index in [0.29, 0.717) is 11.3 Å².